The fraction of sp³-hybridized carbons (Fsp3) is 0.167. The molecule has 3 nitrogen and oxygen atoms in total. The predicted octanol–water partition coefficient (Wildman–Crippen LogP) is 3.20. The average molecular weight is 388 g/mol. The first kappa shape index (κ1) is 13.3. The van der Waals surface area contributed by atoms with Crippen molar-refractivity contribution >= 4 is 53.9 Å². The summed E-state index contributed by atoms with van der Waals surface area (Å²) in [4.78, 5) is 2.47. The second-order valence-electron chi connectivity index (χ2n) is 2.37. The van der Waals surface area contributed by atoms with Gasteiger partial charge >= 0.3 is 0 Å². The Morgan fingerprint density at radius 2 is 2.00 bits per heavy atom. The summed E-state index contributed by atoms with van der Waals surface area (Å²) in [5.41, 5.74) is -0.935. The van der Waals surface area contributed by atoms with E-state index in [1.165, 1.54) is 0 Å². The van der Waals surface area contributed by atoms with Crippen molar-refractivity contribution < 1.29 is 17.2 Å². The maximum atomic E-state index is 12.4. The Balaban J connectivity index is 3.65. The molecule has 1 heterocycles. The third-order valence-corrected chi connectivity index (χ3v) is 4.41. The number of nitrogens with zero attached hydrogens (tertiary/aromatic N) is 1. The normalized spacial score (nSPS) is 12.1. The van der Waals surface area contributed by atoms with Crippen molar-refractivity contribution in [2.45, 2.75) is 11.3 Å². The second-order valence-corrected chi connectivity index (χ2v) is 6.42. The second kappa shape index (κ2) is 4.64. The summed E-state index contributed by atoms with van der Waals surface area (Å²) in [7, 11) is 0.657. The predicted molar refractivity (Wildman–Crippen MR) is 60.0 cm³/mol. The number of hydrogen-bond acceptors (Lipinski definition) is 3. The van der Waals surface area contributed by atoms with Gasteiger partial charge in [0.05, 0.1) is 8.59 Å². The van der Waals surface area contributed by atoms with Crippen molar-refractivity contribution in [2.75, 3.05) is 0 Å². The summed E-state index contributed by atoms with van der Waals surface area (Å²) in [6.45, 7) is 0. The van der Waals surface area contributed by atoms with Crippen molar-refractivity contribution in [2.24, 2.45) is 0 Å². The third kappa shape index (κ3) is 2.89. The van der Waals surface area contributed by atoms with Crippen molar-refractivity contribution in [1.29, 1.82) is 0 Å². The Morgan fingerprint density at radius 3 is 2.40 bits per heavy atom. The molecule has 0 atom stereocenters. The van der Waals surface area contributed by atoms with Gasteiger partial charge in [-0.3, -0.25) is 4.98 Å². The highest BCUT2D eigenvalue weighted by Gasteiger charge is 2.27. The van der Waals surface area contributed by atoms with E-state index in [4.69, 9.17) is 22.3 Å². The van der Waals surface area contributed by atoms with Gasteiger partial charge in [0.1, 0.15) is 10.6 Å². The number of halogens is 5. The van der Waals surface area contributed by atoms with Crippen LogP contribution in [0.15, 0.2) is 11.1 Å². The highest BCUT2D eigenvalue weighted by molar-refractivity contribution is 14.1. The van der Waals surface area contributed by atoms with Crippen LogP contribution in [0.5, 0.6) is 0 Å². The molecule has 84 valence electrons. The molecule has 0 aliphatic rings. The lowest BCUT2D eigenvalue weighted by molar-refractivity contribution is 0.142. The van der Waals surface area contributed by atoms with Gasteiger partial charge in [0.2, 0.25) is 0 Å². The van der Waals surface area contributed by atoms with E-state index in [0.717, 1.165) is 6.20 Å². The monoisotopic (exact) mass is 387 g/mol. The Bertz CT molecular complexity index is 494. The average Bonchev–Trinajstić information content (AvgIpc) is 2.06. The van der Waals surface area contributed by atoms with E-state index in [0.29, 0.717) is 0 Å². The molecule has 0 unspecified atom stereocenters. The molecule has 0 aliphatic carbocycles. The molecular weight excluding hydrogens is 386 g/mol. The highest BCUT2D eigenvalue weighted by Crippen LogP contribution is 2.35. The zero-order chi connectivity index (χ0) is 11.8. The maximum absolute atomic E-state index is 12.4. The van der Waals surface area contributed by atoms with Crippen LogP contribution in [0.25, 0.3) is 0 Å². The van der Waals surface area contributed by atoms with E-state index in [1.807, 2.05) is 0 Å². The SMILES string of the molecule is O=S(=O)(Cl)c1c(C(F)F)ncc(I)c1Cl. The van der Waals surface area contributed by atoms with Crippen molar-refractivity contribution in [3.05, 3.63) is 20.5 Å². The molecule has 0 bridgehead atoms. The van der Waals surface area contributed by atoms with Crippen LogP contribution in [0.4, 0.5) is 8.78 Å². The minimum Gasteiger partial charge on any atom is -0.253 e. The van der Waals surface area contributed by atoms with E-state index in [9.17, 15) is 17.2 Å². The molecule has 0 saturated carbocycles. The first-order chi connectivity index (χ1) is 6.75. The van der Waals surface area contributed by atoms with Gasteiger partial charge in [0, 0.05) is 16.9 Å². The van der Waals surface area contributed by atoms with E-state index >= 15 is 0 Å². The first-order valence-electron chi connectivity index (χ1n) is 3.32. The molecule has 0 spiro atoms. The van der Waals surface area contributed by atoms with Crippen molar-refractivity contribution in [1.82, 2.24) is 4.98 Å². The van der Waals surface area contributed by atoms with Crippen LogP contribution in [0.2, 0.25) is 5.02 Å². The largest absolute Gasteiger partial charge is 0.281 e. The molecule has 0 N–H and O–H groups in total. The number of alkyl halides is 2. The lowest BCUT2D eigenvalue weighted by atomic mass is 10.3. The van der Waals surface area contributed by atoms with Crippen LogP contribution in [-0.4, -0.2) is 13.4 Å². The molecule has 0 saturated heterocycles. The maximum Gasteiger partial charge on any atom is 0.281 e. The molecular formula is C6H2Cl2F2INO2S. The lowest BCUT2D eigenvalue weighted by Gasteiger charge is -2.07. The van der Waals surface area contributed by atoms with E-state index < -0.39 is 26.1 Å². The molecule has 1 aromatic heterocycles. The number of aromatic nitrogens is 1. The lowest BCUT2D eigenvalue weighted by Crippen LogP contribution is -2.04. The first-order valence-corrected chi connectivity index (χ1v) is 7.08. The zero-order valence-corrected chi connectivity index (χ0v) is 11.2. The minimum atomic E-state index is -4.34. The number of hydrogen-bond donors (Lipinski definition) is 0. The van der Waals surface area contributed by atoms with Gasteiger partial charge in [-0.05, 0) is 22.6 Å². The summed E-state index contributed by atoms with van der Waals surface area (Å²) in [6.07, 6.45) is -2.00. The van der Waals surface area contributed by atoms with Crippen molar-refractivity contribution in [3.8, 4) is 0 Å². The van der Waals surface area contributed by atoms with Gasteiger partial charge < -0.3 is 0 Å². The standard InChI is InChI=1S/C6H2Cl2F2INO2S/c7-3-2(11)1-12-4(6(9)10)5(3)15(8,13)14/h1,6H. The van der Waals surface area contributed by atoms with Gasteiger partial charge in [-0.25, -0.2) is 17.2 Å². The number of pyridine rings is 1. The molecule has 1 aromatic rings. The van der Waals surface area contributed by atoms with Crippen LogP contribution in [0.3, 0.4) is 0 Å². The van der Waals surface area contributed by atoms with E-state index in [1.54, 1.807) is 22.6 Å². The summed E-state index contributed by atoms with van der Waals surface area (Å²) < 4.78 is 47.2. The van der Waals surface area contributed by atoms with Crippen LogP contribution in [0, 0.1) is 3.57 Å². The van der Waals surface area contributed by atoms with E-state index in [2.05, 4.69) is 4.98 Å². The number of rotatable bonds is 2. The van der Waals surface area contributed by atoms with Crippen molar-refractivity contribution in [3.63, 3.8) is 0 Å². The van der Waals surface area contributed by atoms with Crippen LogP contribution < -0.4 is 0 Å². The molecule has 0 amide bonds. The summed E-state index contributed by atoms with van der Waals surface area (Å²) in [5.74, 6) is 0. The van der Waals surface area contributed by atoms with Crippen LogP contribution >= 0.6 is 44.9 Å². The van der Waals surface area contributed by atoms with Gasteiger partial charge in [0.25, 0.3) is 15.5 Å². The Labute approximate surface area is 107 Å². The third-order valence-electron chi connectivity index (χ3n) is 1.41. The highest BCUT2D eigenvalue weighted by atomic mass is 127. The van der Waals surface area contributed by atoms with Gasteiger partial charge in [0.15, 0.2) is 0 Å². The quantitative estimate of drug-likeness (QED) is 0.578. The summed E-state index contributed by atoms with van der Waals surface area (Å²) in [5, 5.41) is -0.337. The zero-order valence-electron chi connectivity index (χ0n) is 6.72. The Hall–Kier alpha value is 0.270. The fourth-order valence-corrected chi connectivity index (χ4v) is 3.19. The minimum absolute atomic E-state index is 0.234. The molecule has 0 fully saturated rings. The molecule has 9 heteroatoms. The smallest absolute Gasteiger partial charge is 0.253 e. The van der Waals surface area contributed by atoms with E-state index in [-0.39, 0.29) is 8.59 Å². The molecule has 0 aromatic carbocycles. The summed E-state index contributed by atoms with van der Waals surface area (Å²) in [6, 6.07) is 0. The Morgan fingerprint density at radius 1 is 1.47 bits per heavy atom. The fourth-order valence-electron chi connectivity index (χ4n) is 0.850. The van der Waals surface area contributed by atoms with Gasteiger partial charge in [-0.2, -0.15) is 0 Å². The van der Waals surface area contributed by atoms with Crippen LogP contribution in [0.1, 0.15) is 12.1 Å². The molecule has 0 aliphatic heterocycles. The van der Waals surface area contributed by atoms with Gasteiger partial charge in [-0.1, -0.05) is 11.6 Å². The Kier molecular flexibility index (Phi) is 4.13. The molecule has 0 radical (unpaired) electrons. The van der Waals surface area contributed by atoms with Gasteiger partial charge in [-0.15, -0.1) is 0 Å². The topological polar surface area (TPSA) is 47.0 Å². The molecule has 15 heavy (non-hydrogen) atoms. The summed E-state index contributed by atoms with van der Waals surface area (Å²) >= 11 is 7.25. The molecule has 1 rings (SSSR count). The van der Waals surface area contributed by atoms with Crippen LogP contribution in [-0.2, 0) is 9.05 Å².